The topological polar surface area (TPSA) is 98.0 Å². The molecule has 0 radical (unpaired) electrons. The van der Waals surface area contributed by atoms with Crippen LogP contribution in [-0.2, 0) is 6.42 Å². The number of rotatable bonds is 5. The van der Waals surface area contributed by atoms with Crippen LogP contribution in [0.25, 0.3) is 6.08 Å². The second-order valence-corrected chi connectivity index (χ2v) is 5.89. The van der Waals surface area contributed by atoms with Gasteiger partial charge in [0.25, 0.3) is 0 Å². The largest absolute Gasteiger partial charge is 0.508 e. The highest BCUT2D eigenvalue weighted by Crippen LogP contribution is 2.33. The molecule has 0 fully saturated rings. The van der Waals surface area contributed by atoms with Gasteiger partial charge in [0.05, 0.1) is 5.56 Å². The summed E-state index contributed by atoms with van der Waals surface area (Å²) < 4.78 is 0. The number of ketones is 1. The number of phenols is 4. The predicted molar refractivity (Wildman–Crippen MR) is 96.0 cm³/mol. The van der Waals surface area contributed by atoms with Gasteiger partial charge in [0.1, 0.15) is 11.5 Å². The standard InChI is InChI=1S/C20H20O5/c1-12(2)3-7-15-13(5-10-18(23)20(15)25)4-9-17(22)16-8-6-14(21)11-19(16)24/h3-6,8-11,21,23-25H,7H2,1-2H3. The molecule has 0 saturated carbocycles. The van der Waals surface area contributed by atoms with Crippen LogP contribution in [0.1, 0.15) is 35.3 Å². The maximum Gasteiger partial charge on any atom is 0.189 e. The molecule has 2 aromatic rings. The van der Waals surface area contributed by atoms with E-state index in [4.69, 9.17) is 0 Å². The summed E-state index contributed by atoms with van der Waals surface area (Å²) in [6.07, 6.45) is 5.09. The fraction of sp³-hybridized carbons (Fsp3) is 0.150. The van der Waals surface area contributed by atoms with Crippen molar-refractivity contribution in [3.63, 3.8) is 0 Å². The first-order valence-corrected chi connectivity index (χ1v) is 7.71. The lowest BCUT2D eigenvalue weighted by Crippen LogP contribution is -1.95. The number of allylic oxidation sites excluding steroid dienone is 3. The minimum absolute atomic E-state index is 0.0582. The van der Waals surface area contributed by atoms with Crippen molar-refractivity contribution in [2.75, 3.05) is 0 Å². The molecule has 0 spiro atoms. The first-order chi connectivity index (χ1) is 11.8. The molecule has 2 aromatic carbocycles. The number of phenolic OH excluding ortho intramolecular Hbond substituents is 4. The monoisotopic (exact) mass is 340 g/mol. The van der Waals surface area contributed by atoms with E-state index >= 15 is 0 Å². The molecule has 0 aliphatic rings. The molecule has 0 aliphatic carbocycles. The van der Waals surface area contributed by atoms with E-state index in [0.717, 1.165) is 11.6 Å². The quantitative estimate of drug-likeness (QED) is 0.286. The Morgan fingerprint density at radius 2 is 1.72 bits per heavy atom. The smallest absolute Gasteiger partial charge is 0.189 e. The van der Waals surface area contributed by atoms with Crippen molar-refractivity contribution in [1.29, 1.82) is 0 Å². The van der Waals surface area contributed by atoms with Crippen LogP contribution < -0.4 is 0 Å². The van der Waals surface area contributed by atoms with Crippen molar-refractivity contribution in [3.05, 3.63) is 64.7 Å². The zero-order chi connectivity index (χ0) is 18.6. The van der Waals surface area contributed by atoms with Crippen molar-refractivity contribution in [2.45, 2.75) is 20.3 Å². The van der Waals surface area contributed by atoms with E-state index in [0.29, 0.717) is 17.5 Å². The Kier molecular flexibility index (Phi) is 5.49. The SMILES string of the molecule is CC(C)=CCc1c(C=CC(=O)c2ccc(O)cc2O)ccc(O)c1O. The summed E-state index contributed by atoms with van der Waals surface area (Å²) in [5.74, 6) is -1.34. The second kappa shape index (κ2) is 7.57. The van der Waals surface area contributed by atoms with Crippen molar-refractivity contribution in [3.8, 4) is 23.0 Å². The molecule has 130 valence electrons. The van der Waals surface area contributed by atoms with E-state index in [1.165, 1.54) is 30.4 Å². The van der Waals surface area contributed by atoms with Gasteiger partial charge in [-0.3, -0.25) is 4.79 Å². The van der Waals surface area contributed by atoms with Gasteiger partial charge in [-0.2, -0.15) is 0 Å². The molecule has 2 rings (SSSR count). The number of hydrogen-bond donors (Lipinski definition) is 4. The number of carbonyl (C=O) groups excluding carboxylic acids is 1. The van der Waals surface area contributed by atoms with Crippen molar-refractivity contribution >= 4 is 11.9 Å². The van der Waals surface area contributed by atoms with Crippen molar-refractivity contribution < 1.29 is 25.2 Å². The number of benzene rings is 2. The summed E-state index contributed by atoms with van der Waals surface area (Å²) in [4.78, 5) is 12.2. The molecule has 0 bridgehead atoms. The fourth-order valence-corrected chi connectivity index (χ4v) is 2.30. The summed E-state index contributed by atoms with van der Waals surface area (Å²) in [6, 6.07) is 6.68. The zero-order valence-corrected chi connectivity index (χ0v) is 14.0. The van der Waals surface area contributed by atoms with Crippen molar-refractivity contribution in [1.82, 2.24) is 0 Å². The van der Waals surface area contributed by atoms with Crippen LogP contribution in [0.3, 0.4) is 0 Å². The summed E-state index contributed by atoms with van der Waals surface area (Å²) in [5, 5.41) is 38.8. The highest BCUT2D eigenvalue weighted by atomic mass is 16.3. The van der Waals surface area contributed by atoms with Gasteiger partial charge in [0.2, 0.25) is 0 Å². The Hall–Kier alpha value is -3.21. The summed E-state index contributed by atoms with van der Waals surface area (Å²) in [6.45, 7) is 3.85. The Morgan fingerprint density at radius 1 is 1.00 bits per heavy atom. The normalized spacial score (nSPS) is 10.8. The lowest BCUT2D eigenvalue weighted by atomic mass is 10.00. The molecule has 0 heterocycles. The predicted octanol–water partition coefficient (Wildman–Crippen LogP) is 3.91. The van der Waals surface area contributed by atoms with Gasteiger partial charge >= 0.3 is 0 Å². The van der Waals surface area contributed by atoms with Crippen LogP contribution in [0.5, 0.6) is 23.0 Å². The summed E-state index contributed by atoms with van der Waals surface area (Å²) in [5.41, 5.74) is 2.20. The number of hydrogen-bond acceptors (Lipinski definition) is 5. The van der Waals surface area contributed by atoms with Crippen molar-refractivity contribution in [2.24, 2.45) is 0 Å². The summed E-state index contributed by atoms with van der Waals surface area (Å²) >= 11 is 0. The lowest BCUT2D eigenvalue weighted by Gasteiger charge is -2.09. The van der Waals surface area contributed by atoms with E-state index < -0.39 is 5.78 Å². The molecule has 4 N–H and O–H groups in total. The molecule has 0 aromatic heterocycles. The van der Waals surface area contributed by atoms with E-state index in [-0.39, 0.29) is 28.6 Å². The molecular weight excluding hydrogens is 320 g/mol. The van der Waals surface area contributed by atoms with Crippen LogP contribution in [0.2, 0.25) is 0 Å². The molecule has 0 atom stereocenters. The minimum atomic E-state index is -0.446. The van der Waals surface area contributed by atoms with Crippen LogP contribution in [0.4, 0.5) is 0 Å². The number of carbonyl (C=O) groups is 1. The van der Waals surface area contributed by atoms with Crippen LogP contribution in [-0.4, -0.2) is 26.2 Å². The molecular formula is C20H20O5. The van der Waals surface area contributed by atoms with E-state index in [1.807, 2.05) is 19.9 Å². The zero-order valence-electron chi connectivity index (χ0n) is 14.0. The second-order valence-electron chi connectivity index (χ2n) is 5.89. The molecule has 25 heavy (non-hydrogen) atoms. The highest BCUT2D eigenvalue weighted by molar-refractivity contribution is 6.08. The van der Waals surface area contributed by atoms with Crippen LogP contribution in [0.15, 0.2) is 48.1 Å². The minimum Gasteiger partial charge on any atom is -0.508 e. The first-order valence-electron chi connectivity index (χ1n) is 7.71. The van der Waals surface area contributed by atoms with Crippen LogP contribution >= 0.6 is 0 Å². The molecule has 0 saturated heterocycles. The van der Waals surface area contributed by atoms with Gasteiger partial charge < -0.3 is 20.4 Å². The molecule has 5 nitrogen and oxygen atoms in total. The Labute approximate surface area is 145 Å². The third kappa shape index (κ3) is 4.41. The maximum atomic E-state index is 12.2. The van der Waals surface area contributed by atoms with E-state index in [1.54, 1.807) is 6.07 Å². The van der Waals surface area contributed by atoms with Gasteiger partial charge in [0.15, 0.2) is 17.3 Å². The molecule has 0 amide bonds. The van der Waals surface area contributed by atoms with Gasteiger partial charge in [-0.15, -0.1) is 0 Å². The molecule has 5 heteroatoms. The molecule has 0 aliphatic heterocycles. The third-order valence-corrected chi connectivity index (χ3v) is 3.67. The fourth-order valence-electron chi connectivity index (χ4n) is 2.30. The maximum absolute atomic E-state index is 12.2. The Morgan fingerprint density at radius 3 is 2.36 bits per heavy atom. The van der Waals surface area contributed by atoms with Gasteiger partial charge in [-0.25, -0.2) is 0 Å². The van der Waals surface area contributed by atoms with E-state index in [2.05, 4.69) is 0 Å². The average molecular weight is 340 g/mol. The van der Waals surface area contributed by atoms with Gasteiger partial charge in [0, 0.05) is 11.6 Å². The van der Waals surface area contributed by atoms with E-state index in [9.17, 15) is 25.2 Å². The Balaban J connectivity index is 2.35. The molecule has 0 unspecified atom stereocenters. The Bertz CT molecular complexity index is 859. The van der Waals surface area contributed by atoms with Gasteiger partial charge in [-0.1, -0.05) is 23.8 Å². The number of aromatic hydroxyl groups is 4. The average Bonchev–Trinajstić information content (AvgIpc) is 2.54. The van der Waals surface area contributed by atoms with Crippen LogP contribution in [0, 0.1) is 0 Å². The lowest BCUT2D eigenvalue weighted by molar-refractivity contribution is 0.104. The first kappa shape index (κ1) is 18.1. The summed E-state index contributed by atoms with van der Waals surface area (Å²) in [7, 11) is 0. The third-order valence-electron chi connectivity index (χ3n) is 3.67. The highest BCUT2D eigenvalue weighted by Gasteiger charge is 2.12. The van der Waals surface area contributed by atoms with Gasteiger partial charge in [-0.05, 0) is 50.1 Å².